The maximum Gasteiger partial charge on any atom is 0.336 e. The first-order valence-electron chi connectivity index (χ1n) is 9.09. The summed E-state index contributed by atoms with van der Waals surface area (Å²) in [5, 5.41) is 6.22. The minimum Gasteiger partial charge on any atom is -0.495 e. The summed E-state index contributed by atoms with van der Waals surface area (Å²) in [5.74, 6) is 0.0256. The normalized spacial score (nSPS) is 10.4. The highest BCUT2D eigenvalue weighted by Gasteiger charge is 2.19. The van der Waals surface area contributed by atoms with Crippen LogP contribution < -0.4 is 19.7 Å². The number of amides is 3. The number of rotatable bonds is 5. The molecule has 0 aliphatic rings. The Labute approximate surface area is 195 Å². The molecule has 0 fully saturated rings. The van der Waals surface area contributed by atoms with E-state index in [0.717, 1.165) is 9.87 Å². The number of carbonyl (C=O) groups excluding carboxylic acids is 2. The number of carbonyl (C=O) groups is 2. The third kappa shape index (κ3) is 5.85. The van der Waals surface area contributed by atoms with Gasteiger partial charge in [-0.25, -0.2) is 9.10 Å². The van der Waals surface area contributed by atoms with Gasteiger partial charge in [0.1, 0.15) is 5.75 Å². The molecule has 3 aromatic carbocycles. The molecule has 0 aliphatic carbocycles. The highest BCUT2D eigenvalue weighted by molar-refractivity contribution is 7.82. The van der Waals surface area contributed by atoms with Gasteiger partial charge in [0.2, 0.25) is 0 Å². The molecule has 0 atom stereocenters. The predicted octanol–water partition coefficient (Wildman–Crippen LogP) is 6.45. The molecule has 0 unspecified atom stereocenters. The van der Waals surface area contributed by atoms with Gasteiger partial charge in [-0.3, -0.25) is 4.79 Å². The molecule has 3 aromatic rings. The van der Waals surface area contributed by atoms with E-state index in [9.17, 15) is 9.59 Å². The molecule has 160 valence electrons. The predicted molar refractivity (Wildman–Crippen MR) is 129 cm³/mol. The van der Waals surface area contributed by atoms with Crippen molar-refractivity contribution in [1.29, 1.82) is 0 Å². The number of nitrogens with one attached hydrogen (secondary N) is 2. The number of ether oxygens (including phenoxy) is 1. The fourth-order valence-corrected chi connectivity index (χ4v) is 3.48. The zero-order valence-electron chi connectivity index (χ0n) is 16.6. The molecule has 0 heterocycles. The Balaban J connectivity index is 1.82. The van der Waals surface area contributed by atoms with Crippen molar-refractivity contribution in [2.75, 3.05) is 22.0 Å². The number of aryl methyl sites for hydroxylation is 1. The van der Waals surface area contributed by atoms with E-state index in [4.69, 9.17) is 27.9 Å². The largest absolute Gasteiger partial charge is 0.495 e. The maximum atomic E-state index is 12.7. The standard InChI is InChI=1S/C22H19Cl2N3O3S/c1-13-3-6-17(7-4-13)25-21(28)14-5-8-20(30-2)19(9-14)27(31)22(29)26-18-11-15(23)10-16(24)12-18/h3-12,31H,1-2H3,(H,25,28)(H,26,29). The second-order valence-electron chi connectivity index (χ2n) is 6.61. The van der Waals surface area contributed by atoms with E-state index in [1.165, 1.54) is 13.2 Å². The number of halogens is 2. The van der Waals surface area contributed by atoms with Crippen LogP contribution in [0.15, 0.2) is 60.7 Å². The van der Waals surface area contributed by atoms with Crippen LogP contribution in [0.1, 0.15) is 15.9 Å². The molecular weight excluding hydrogens is 457 g/mol. The summed E-state index contributed by atoms with van der Waals surface area (Å²) >= 11 is 16.2. The maximum absolute atomic E-state index is 12.7. The quantitative estimate of drug-likeness (QED) is 0.371. The molecule has 2 N–H and O–H groups in total. The van der Waals surface area contributed by atoms with Crippen molar-refractivity contribution in [2.45, 2.75) is 6.92 Å². The van der Waals surface area contributed by atoms with E-state index >= 15 is 0 Å². The first-order chi connectivity index (χ1) is 14.8. The van der Waals surface area contributed by atoms with Gasteiger partial charge in [0, 0.05) is 27.0 Å². The Morgan fingerprint density at radius 2 is 1.55 bits per heavy atom. The van der Waals surface area contributed by atoms with Gasteiger partial charge in [0.05, 0.1) is 12.8 Å². The lowest BCUT2D eigenvalue weighted by Crippen LogP contribution is -2.27. The number of methoxy groups -OCH3 is 1. The fourth-order valence-electron chi connectivity index (χ4n) is 2.75. The lowest BCUT2D eigenvalue weighted by molar-refractivity contribution is 0.102. The number of thiol groups is 1. The second-order valence-corrected chi connectivity index (χ2v) is 7.88. The molecule has 0 aliphatic heterocycles. The van der Waals surface area contributed by atoms with Crippen molar-refractivity contribution < 1.29 is 14.3 Å². The molecule has 0 bridgehead atoms. The van der Waals surface area contributed by atoms with Gasteiger partial charge in [-0.1, -0.05) is 53.7 Å². The van der Waals surface area contributed by atoms with E-state index in [-0.39, 0.29) is 11.6 Å². The minimum absolute atomic E-state index is 0.285. The average molecular weight is 476 g/mol. The van der Waals surface area contributed by atoms with Crippen molar-refractivity contribution in [3.63, 3.8) is 0 Å². The topological polar surface area (TPSA) is 70.7 Å². The number of anilines is 3. The van der Waals surface area contributed by atoms with Crippen LogP contribution in [0.5, 0.6) is 5.75 Å². The Morgan fingerprint density at radius 1 is 0.903 bits per heavy atom. The van der Waals surface area contributed by atoms with Crippen LogP contribution in [0.4, 0.5) is 21.9 Å². The van der Waals surface area contributed by atoms with Crippen LogP contribution in [0.2, 0.25) is 10.0 Å². The van der Waals surface area contributed by atoms with E-state index in [1.807, 2.05) is 31.2 Å². The highest BCUT2D eigenvalue weighted by atomic mass is 35.5. The molecule has 0 aromatic heterocycles. The van der Waals surface area contributed by atoms with Gasteiger partial charge in [-0.2, -0.15) is 0 Å². The van der Waals surface area contributed by atoms with Gasteiger partial charge in [-0.15, -0.1) is 0 Å². The lowest BCUT2D eigenvalue weighted by atomic mass is 10.1. The monoisotopic (exact) mass is 475 g/mol. The first-order valence-corrected chi connectivity index (χ1v) is 10.2. The molecular formula is C22H19Cl2N3O3S. The molecule has 0 spiro atoms. The summed E-state index contributed by atoms with van der Waals surface area (Å²) < 4.78 is 6.36. The van der Waals surface area contributed by atoms with Crippen molar-refractivity contribution in [3.8, 4) is 5.75 Å². The van der Waals surface area contributed by atoms with Crippen molar-refractivity contribution in [1.82, 2.24) is 0 Å². The highest BCUT2D eigenvalue weighted by Crippen LogP contribution is 2.32. The summed E-state index contributed by atoms with van der Waals surface area (Å²) in [5.41, 5.74) is 2.75. The summed E-state index contributed by atoms with van der Waals surface area (Å²) in [6, 6.07) is 16.2. The van der Waals surface area contributed by atoms with E-state index < -0.39 is 6.03 Å². The number of hydrogen-bond acceptors (Lipinski definition) is 4. The Morgan fingerprint density at radius 3 is 2.16 bits per heavy atom. The molecule has 3 rings (SSSR count). The number of benzene rings is 3. The van der Waals surface area contributed by atoms with E-state index in [0.29, 0.717) is 32.7 Å². The third-order valence-electron chi connectivity index (χ3n) is 4.28. The van der Waals surface area contributed by atoms with E-state index in [2.05, 4.69) is 23.4 Å². The van der Waals surface area contributed by atoms with Crippen LogP contribution in [-0.2, 0) is 0 Å². The van der Waals surface area contributed by atoms with Crippen LogP contribution in [0.25, 0.3) is 0 Å². The SMILES string of the molecule is COc1ccc(C(=O)Nc2ccc(C)cc2)cc1N(S)C(=O)Nc1cc(Cl)cc(Cl)c1. The molecule has 3 amide bonds. The zero-order valence-corrected chi connectivity index (χ0v) is 19.1. The van der Waals surface area contributed by atoms with Crippen molar-refractivity contribution >= 4 is 65.0 Å². The van der Waals surface area contributed by atoms with Crippen LogP contribution in [0.3, 0.4) is 0 Å². The number of nitrogens with zero attached hydrogens (tertiary/aromatic N) is 1. The van der Waals surface area contributed by atoms with Crippen LogP contribution in [-0.4, -0.2) is 19.0 Å². The summed E-state index contributed by atoms with van der Waals surface area (Å²) in [7, 11) is 1.46. The lowest BCUT2D eigenvalue weighted by Gasteiger charge is -2.20. The van der Waals surface area contributed by atoms with Gasteiger partial charge in [-0.05, 0) is 55.5 Å². The molecule has 9 heteroatoms. The Kier molecular flexibility index (Phi) is 7.33. The van der Waals surface area contributed by atoms with Gasteiger partial charge in [0.25, 0.3) is 5.91 Å². The number of hydrogen-bond donors (Lipinski definition) is 3. The van der Waals surface area contributed by atoms with Crippen molar-refractivity contribution in [3.05, 3.63) is 81.8 Å². The zero-order chi connectivity index (χ0) is 22.5. The first kappa shape index (κ1) is 22.8. The van der Waals surface area contributed by atoms with Crippen LogP contribution in [0, 0.1) is 6.92 Å². The second kappa shape index (κ2) is 9.96. The van der Waals surface area contributed by atoms with Crippen LogP contribution >= 0.6 is 36.0 Å². The summed E-state index contributed by atoms with van der Waals surface area (Å²) in [6.07, 6.45) is 0. The van der Waals surface area contributed by atoms with Gasteiger partial charge < -0.3 is 15.4 Å². The Bertz CT molecular complexity index is 1100. The smallest absolute Gasteiger partial charge is 0.336 e. The Hall–Kier alpha value is -2.87. The van der Waals surface area contributed by atoms with Gasteiger partial charge >= 0.3 is 6.03 Å². The number of urea groups is 1. The summed E-state index contributed by atoms with van der Waals surface area (Å²) in [4.78, 5) is 25.4. The molecule has 6 nitrogen and oxygen atoms in total. The minimum atomic E-state index is -0.587. The average Bonchev–Trinajstić information content (AvgIpc) is 2.73. The molecule has 31 heavy (non-hydrogen) atoms. The molecule has 0 radical (unpaired) electrons. The third-order valence-corrected chi connectivity index (χ3v) is 5.12. The van der Waals surface area contributed by atoms with E-state index in [1.54, 1.807) is 30.3 Å². The van der Waals surface area contributed by atoms with Crippen molar-refractivity contribution in [2.24, 2.45) is 0 Å². The molecule has 0 saturated carbocycles. The fraction of sp³-hybridized carbons (Fsp3) is 0.0909. The molecule has 0 saturated heterocycles. The summed E-state index contributed by atoms with van der Waals surface area (Å²) in [6.45, 7) is 1.96. The van der Waals surface area contributed by atoms with Gasteiger partial charge in [0.15, 0.2) is 0 Å².